The molecule has 4 heterocycles. The van der Waals surface area contributed by atoms with Crippen molar-refractivity contribution in [1.29, 1.82) is 0 Å². The first kappa shape index (κ1) is 38.8. The minimum Gasteiger partial charge on any atom is -0.475 e. The molecule has 0 spiro atoms. The topological polar surface area (TPSA) is 159 Å². The van der Waals surface area contributed by atoms with Gasteiger partial charge >= 0.3 is 36.4 Å². The van der Waals surface area contributed by atoms with E-state index in [2.05, 4.69) is 14.9 Å². The van der Waals surface area contributed by atoms with Gasteiger partial charge in [-0.3, -0.25) is 9.88 Å². The lowest BCUT2D eigenvalue weighted by molar-refractivity contribution is -0.193. The van der Waals surface area contributed by atoms with E-state index in [0.717, 1.165) is 26.2 Å². The number of pyridine rings is 2. The summed E-state index contributed by atoms with van der Waals surface area (Å²) in [6.45, 7) is 4.56. The van der Waals surface area contributed by atoms with Crippen molar-refractivity contribution in [3.05, 3.63) is 54.2 Å². The molecule has 45 heavy (non-hydrogen) atoms. The Kier molecular flexibility index (Phi) is 13.9. The van der Waals surface area contributed by atoms with Crippen molar-refractivity contribution in [3.63, 3.8) is 0 Å². The lowest BCUT2D eigenvalue weighted by atomic mass is 9.82. The van der Waals surface area contributed by atoms with Crippen molar-refractivity contribution in [2.45, 2.75) is 25.1 Å². The fourth-order valence-corrected chi connectivity index (χ4v) is 3.70. The van der Waals surface area contributed by atoms with E-state index in [0.29, 0.717) is 19.1 Å². The van der Waals surface area contributed by atoms with Gasteiger partial charge in [0.05, 0.1) is 19.8 Å². The molecule has 0 amide bonds. The molecule has 3 N–H and O–H groups in total. The van der Waals surface area contributed by atoms with Crippen molar-refractivity contribution in [3.8, 4) is 5.88 Å². The van der Waals surface area contributed by atoms with Crippen molar-refractivity contribution >= 4 is 17.9 Å². The second-order valence-corrected chi connectivity index (χ2v) is 9.09. The van der Waals surface area contributed by atoms with E-state index >= 15 is 0 Å². The molecule has 4 rings (SSSR count). The van der Waals surface area contributed by atoms with Gasteiger partial charge in [0.2, 0.25) is 5.88 Å². The number of hydrogen-bond donors (Lipinski definition) is 3. The molecular weight excluding hydrogens is 648 g/mol. The van der Waals surface area contributed by atoms with Crippen LogP contribution in [0.3, 0.4) is 0 Å². The normalized spacial score (nSPS) is 19.4. The Balaban J connectivity index is 0.000000396. The Hall–Kier alpha value is -4.27. The van der Waals surface area contributed by atoms with Gasteiger partial charge in [0.15, 0.2) is 5.82 Å². The van der Waals surface area contributed by atoms with E-state index < -0.39 is 42.3 Å². The summed E-state index contributed by atoms with van der Waals surface area (Å²) in [4.78, 5) is 37.1. The van der Waals surface area contributed by atoms with Crippen LogP contribution in [0.25, 0.3) is 0 Å². The van der Waals surface area contributed by atoms with Gasteiger partial charge in [-0.1, -0.05) is 0 Å². The quantitative estimate of drug-likeness (QED) is 0.394. The van der Waals surface area contributed by atoms with Crippen LogP contribution in [-0.2, 0) is 25.7 Å². The monoisotopic (exact) mass is 671 g/mol. The minimum atomic E-state index is -5.08. The average Bonchev–Trinajstić information content (AvgIpc) is 3.45. The van der Waals surface area contributed by atoms with Gasteiger partial charge in [-0.25, -0.2) is 23.8 Å². The molecule has 0 bridgehead atoms. The number of hydrogen-bond acceptors (Lipinski definition) is 8. The second-order valence-electron chi connectivity index (χ2n) is 9.09. The first-order chi connectivity index (χ1) is 20.6. The lowest BCUT2D eigenvalue weighted by Crippen LogP contribution is -2.37. The Morgan fingerprint density at radius 2 is 1.38 bits per heavy atom. The third kappa shape index (κ3) is 13.5. The molecule has 2 saturated heterocycles. The minimum absolute atomic E-state index is 0.0742. The average molecular weight is 671 g/mol. The molecule has 0 radical (unpaired) electrons. The lowest BCUT2D eigenvalue weighted by Gasteiger charge is -2.27. The highest BCUT2D eigenvalue weighted by atomic mass is 19.4. The van der Waals surface area contributed by atoms with Crippen molar-refractivity contribution in [2.24, 2.45) is 11.3 Å². The first-order valence-electron chi connectivity index (χ1n) is 11.9. The third-order valence-corrected chi connectivity index (χ3v) is 5.70. The van der Waals surface area contributed by atoms with Gasteiger partial charge in [-0.05, 0) is 29.8 Å². The number of alkyl halides is 9. The number of likely N-dealkylation sites (tertiary alicyclic amines) is 1. The Morgan fingerprint density at radius 3 is 1.82 bits per heavy atom. The zero-order valence-electron chi connectivity index (χ0n) is 22.4. The van der Waals surface area contributed by atoms with Crippen LogP contribution in [0.2, 0.25) is 0 Å². The maximum Gasteiger partial charge on any atom is 0.490 e. The Labute approximate surface area is 246 Å². The zero-order chi connectivity index (χ0) is 34.6. The summed E-state index contributed by atoms with van der Waals surface area (Å²) in [6.07, 6.45) is -10.1. The second kappa shape index (κ2) is 16.2. The van der Waals surface area contributed by atoms with Crippen LogP contribution >= 0.6 is 0 Å². The summed E-state index contributed by atoms with van der Waals surface area (Å²) in [5.74, 6) is -8.21. The van der Waals surface area contributed by atoms with Crippen LogP contribution in [0.4, 0.5) is 43.9 Å². The van der Waals surface area contributed by atoms with Crippen molar-refractivity contribution in [2.75, 3.05) is 32.9 Å². The smallest absolute Gasteiger partial charge is 0.475 e. The molecule has 11 nitrogen and oxygen atoms in total. The molecule has 2 fully saturated rings. The van der Waals surface area contributed by atoms with E-state index in [-0.39, 0.29) is 11.3 Å². The van der Waals surface area contributed by atoms with Crippen LogP contribution in [0.15, 0.2) is 42.9 Å². The summed E-state index contributed by atoms with van der Waals surface area (Å²) in [5.41, 5.74) is 1.16. The standard InChI is InChI=1S/C18H20FN3O2.3C2HF3O2/c19-16-2-1-5-21-17(16)24-13-18-11-22(9-15(18)10-23-12-18)8-14-3-6-20-7-4-14;3*3-2(4,5)1(6)7/h1-7,15H,8-13H2;3*(H,6,7)/t15-,18+;;;/m1.../s1. The van der Waals surface area contributed by atoms with Gasteiger partial charge in [0.1, 0.15) is 0 Å². The molecule has 21 heteroatoms. The highest BCUT2D eigenvalue weighted by Gasteiger charge is 2.51. The van der Waals surface area contributed by atoms with Gasteiger partial charge in [-0.15, -0.1) is 0 Å². The number of fused-ring (bicyclic) bond motifs is 1. The van der Waals surface area contributed by atoms with Crippen molar-refractivity contribution in [1.82, 2.24) is 14.9 Å². The molecule has 0 aromatic carbocycles. The summed E-state index contributed by atoms with van der Waals surface area (Å²) in [5, 5.41) is 21.4. The molecule has 0 unspecified atom stereocenters. The molecule has 2 aromatic rings. The largest absolute Gasteiger partial charge is 0.490 e. The number of nitrogens with zero attached hydrogens (tertiary/aromatic N) is 3. The number of carboxylic acids is 3. The molecule has 2 atom stereocenters. The Bertz CT molecular complexity index is 1210. The predicted molar refractivity (Wildman–Crippen MR) is 127 cm³/mol. The fourth-order valence-electron chi connectivity index (χ4n) is 3.70. The molecule has 0 saturated carbocycles. The summed E-state index contributed by atoms with van der Waals surface area (Å²) in [6, 6.07) is 7.01. The number of carbonyl (C=O) groups is 3. The molecule has 252 valence electrons. The molecule has 0 aliphatic carbocycles. The van der Waals surface area contributed by atoms with Crippen LogP contribution in [0.5, 0.6) is 5.88 Å². The van der Waals surface area contributed by atoms with E-state index in [9.17, 15) is 43.9 Å². The van der Waals surface area contributed by atoms with Crippen LogP contribution in [-0.4, -0.2) is 99.5 Å². The van der Waals surface area contributed by atoms with E-state index in [4.69, 9.17) is 39.2 Å². The van der Waals surface area contributed by atoms with Crippen LogP contribution < -0.4 is 4.74 Å². The number of ether oxygens (including phenoxy) is 2. The number of aliphatic carboxylic acids is 3. The Morgan fingerprint density at radius 1 is 0.889 bits per heavy atom. The number of halogens is 10. The zero-order valence-corrected chi connectivity index (χ0v) is 22.4. The SMILES string of the molecule is Fc1cccnc1OC[C@]12COC[C@H]1CN(Cc1ccncc1)C2.O=C(O)C(F)(F)F.O=C(O)C(F)(F)F.O=C(O)C(F)(F)F. The highest BCUT2D eigenvalue weighted by molar-refractivity contribution is 5.73. The van der Waals surface area contributed by atoms with Crippen LogP contribution in [0, 0.1) is 17.2 Å². The van der Waals surface area contributed by atoms with Gasteiger partial charge in [0.25, 0.3) is 0 Å². The molecule has 2 aromatic heterocycles. The van der Waals surface area contributed by atoms with E-state index in [1.165, 1.54) is 11.6 Å². The maximum atomic E-state index is 13.7. The molecular formula is C24H23F10N3O8. The first-order valence-corrected chi connectivity index (χ1v) is 11.9. The summed E-state index contributed by atoms with van der Waals surface area (Å²) >= 11 is 0. The third-order valence-electron chi connectivity index (χ3n) is 5.70. The van der Waals surface area contributed by atoms with Gasteiger partial charge in [0, 0.05) is 49.6 Å². The number of aromatic nitrogens is 2. The van der Waals surface area contributed by atoms with Gasteiger partial charge < -0.3 is 24.8 Å². The molecule has 2 aliphatic heterocycles. The van der Waals surface area contributed by atoms with E-state index in [1.54, 1.807) is 12.3 Å². The number of carboxylic acid groups (broad SMARTS) is 3. The van der Waals surface area contributed by atoms with Crippen LogP contribution in [0.1, 0.15) is 5.56 Å². The summed E-state index contributed by atoms with van der Waals surface area (Å²) in [7, 11) is 0. The highest BCUT2D eigenvalue weighted by Crippen LogP contribution is 2.42. The fraction of sp³-hybridized carbons (Fsp3) is 0.458. The van der Waals surface area contributed by atoms with E-state index in [1.807, 2.05) is 24.5 Å². The number of rotatable bonds is 5. The predicted octanol–water partition coefficient (Wildman–Crippen LogP) is 4.04. The molecule has 2 aliphatic rings. The summed E-state index contributed by atoms with van der Waals surface area (Å²) < 4.78 is 120. The van der Waals surface area contributed by atoms with Gasteiger partial charge in [-0.2, -0.15) is 39.5 Å². The van der Waals surface area contributed by atoms with Crippen molar-refractivity contribution < 1.29 is 83.1 Å². The maximum absolute atomic E-state index is 13.7.